The van der Waals surface area contributed by atoms with E-state index in [2.05, 4.69) is 21.9 Å². The van der Waals surface area contributed by atoms with Crippen LogP contribution in [-0.2, 0) is 17.6 Å². The molecule has 1 aliphatic carbocycles. The van der Waals surface area contributed by atoms with Crippen LogP contribution in [0.1, 0.15) is 69.0 Å². The Morgan fingerprint density at radius 1 is 1.17 bits per heavy atom. The summed E-state index contributed by atoms with van der Waals surface area (Å²) in [5, 5.41) is 2.71. The highest BCUT2D eigenvalue weighted by Gasteiger charge is 2.17. The van der Waals surface area contributed by atoms with Crippen LogP contribution in [0, 0.1) is 0 Å². The Morgan fingerprint density at radius 2 is 1.91 bits per heavy atom. The number of allylic oxidation sites excluding steroid dienone is 1. The third-order valence-electron chi connectivity index (χ3n) is 4.26. The minimum atomic E-state index is -0.109. The molecular weight excluding hydrogens is 290 g/mol. The molecule has 0 fully saturated rings. The molecule has 0 aromatic carbocycles. The van der Waals surface area contributed by atoms with Crippen molar-refractivity contribution in [3.05, 3.63) is 34.3 Å². The standard InChI is InChI=1S/C18H27N3O2/c1-2-3-4-5-6-7-8-9-13-16(22)20-18-19-15-12-10-11-14(15)17(23)21-18/h2H,1,3-13H2,(H2,19,20,21,22,23). The van der Waals surface area contributed by atoms with E-state index >= 15 is 0 Å². The molecule has 1 amide bonds. The molecule has 5 heteroatoms. The zero-order valence-electron chi connectivity index (χ0n) is 13.8. The van der Waals surface area contributed by atoms with Crippen LogP contribution in [0.25, 0.3) is 0 Å². The smallest absolute Gasteiger partial charge is 0.255 e. The second kappa shape index (κ2) is 9.28. The van der Waals surface area contributed by atoms with Gasteiger partial charge in [-0.3, -0.25) is 19.9 Å². The van der Waals surface area contributed by atoms with Crippen molar-refractivity contribution in [3.8, 4) is 0 Å². The average Bonchev–Trinajstić information content (AvgIpc) is 2.99. The maximum atomic E-state index is 11.9. The van der Waals surface area contributed by atoms with Crippen molar-refractivity contribution in [1.29, 1.82) is 0 Å². The van der Waals surface area contributed by atoms with Gasteiger partial charge in [-0.25, -0.2) is 4.98 Å². The Kier molecular flexibility index (Phi) is 7.04. The monoisotopic (exact) mass is 317 g/mol. The molecule has 0 aliphatic heterocycles. The fourth-order valence-electron chi connectivity index (χ4n) is 2.98. The predicted molar refractivity (Wildman–Crippen MR) is 92.6 cm³/mol. The van der Waals surface area contributed by atoms with Gasteiger partial charge in [0.1, 0.15) is 0 Å². The first-order chi connectivity index (χ1) is 11.2. The van der Waals surface area contributed by atoms with Gasteiger partial charge in [0.05, 0.1) is 5.69 Å². The third kappa shape index (κ3) is 5.66. The number of carbonyl (C=O) groups excluding carboxylic acids is 1. The SMILES string of the molecule is C=CCCCCCCCCC(=O)Nc1nc2c(c(=O)[nH]1)CCC2. The number of nitrogens with one attached hydrogen (secondary N) is 2. The molecular formula is C18H27N3O2. The molecule has 1 aliphatic rings. The van der Waals surface area contributed by atoms with Crippen LogP contribution >= 0.6 is 0 Å². The van der Waals surface area contributed by atoms with Crippen LogP contribution < -0.4 is 10.9 Å². The van der Waals surface area contributed by atoms with E-state index in [1.807, 2.05) is 6.08 Å². The van der Waals surface area contributed by atoms with Crippen LogP contribution in [0.15, 0.2) is 17.4 Å². The van der Waals surface area contributed by atoms with Crippen LogP contribution in [0.4, 0.5) is 5.95 Å². The quantitative estimate of drug-likeness (QED) is 0.512. The summed E-state index contributed by atoms with van der Waals surface area (Å²) in [5.74, 6) is 0.225. The largest absolute Gasteiger partial charge is 0.296 e. The van der Waals surface area contributed by atoms with Gasteiger partial charge < -0.3 is 0 Å². The first-order valence-corrected chi connectivity index (χ1v) is 8.73. The number of fused-ring (bicyclic) bond motifs is 1. The van der Waals surface area contributed by atoms with Crippen molar-refractivity contribution < 1.29 is 4.79 Å². The first kappa shape index (κ1) is 17.4. The molecule has 23 heavy (non-hydrogen) atoms. The van der Waals surface area contributed by atoms with E-state index in [9.17, 15) is 9.59 Å². The second-order valence-corrected chi connectivity index (χ2v) is 6.19. The summed E-state index contributed by atoms with van der Waals surface area (Å²) in [6.45, 7) is 3.71. The molecule has 0 saturated carbocycles. The molecule has 1 aromatic heterocycles. The van der Waals surface area contributed by atoms with Crippen molar-refractivity contribution >= 4 is 11.9 Å². The van der Waals surface area contributed by atoms with Gasteiger partial charge in [-0.1, -0.05) is 31.8 Å². The van der Waals surface area contributed by atoms with E-state index in [1.54, 1.807) is 0 Å². The van der Waals surface area contributed by atoms with Gasteiger partial charge >= 0.3 is 0 Å². The molecule has 2 N–H and O–H groups in total. The number of anilines is 1. The number of aryl methyl sites for hydroxylation is 1. The van der Waals surface area contributed by atoms with Crippen molar-refractivity contribution in [3.63, 3.8) is 0 Å². The molecule has 0 radical (unpaired) electrons. The Hall–Kier alpha value is -1.91. The number of H-pyrrole nitrogens is 1. The van der Waals surface area contributed by atoms with E-state index < -0.39 is 0 Å². The molecule has 1 aromatic rings. The summed E-state index contributed by atoms with van der Waals surface area (Å²) in [7, 11) is 0. The fraction of sp³-hybridized carbons (Fsp3) is 0.611. The van der Waals surface area contributed by atoms with Gasteiger partial charge in [-0.15, -0.1) is 6.58 Å². The average molecular weight is 317 g/mol. The highest BCUT2D eigenvalue weighted by atomic mass is 16.2. The van der Waals surface area contributed by atoms with Crippen molar-refractivity contribution in [2.75, 3.05) is 5.32 Å². The third-order valence-corrected chi connectivity index (χ3v) is 4.26. The van der Waals surface area contributed by atoms with E-state index in [-0.39, 0.29) is 11.5 Å². The predicted octanol–water partition coefficient (Wildman–Crippen LogP) is 3.50. The number of hydrogen-bond acceptors (Lipinski definition) is 3. The van der Waals surface area contributed by atoms with E-state index in [4.69, 9.17) is 0 Å². The van der Waals surface area contributed by atoms with E-state index in [0.29, 0.717) is 12.4 Å². The number of aromatic amines is 1. The number of hydrogen-bond donors (Lipinski definition) is 2. The molecule has 0 saturated heterocycles. The van der Waals surface area contributed by atoms with Crippen LogP contribution in [-0.4, -0.2) is 15.9 Å². The fourth-order valence-corrected chi connectivity index (χ4v) is 2.98. The molecule has 0 spiro atoms. The summed E-state index contributed by atoms with van der Waals surface area (Å²) < 4.78 is 0. The Bertz CT molecular complexity index is 592. The van der Waals surface area contributed by atoms with Crippen molar-refractivity contribution in [2.24, 2.45) is 0 Å². The van der Waals surface area contributed by atoms with Gasteiger partial charge in [0.2, 0.25) is 11.9 Å². The highest BCUT2D eigenvalue weighted by molar-refractivity contribution is 5.88. The molecule has 126 valence electrons. The summed E-state index contributed by atoms with van der Waals surface area (Å²) >= 11 is 0. The lowest BCUT2D eigenvalue weighted by Crippen LogP contribution is -2.20. The Labute approximate surface area is 137 Å². The van der Waals surface area contributed by atoms with Crippen LogP contribution in [0.3, 0.4) is 0 Å². The number of rotatable bonds is 10. The zero-order chi connectivity index (χ0) is 16.5. The molecule has 5 nitrogen and oxygen atoms in total. The normalized spacial score (nSPS) is 12.9. The van der Waals surface area contributed by atoms with Crippen molar-refractivity contribution in [2.45, 2.75) is 70.6 Å². The maximum absolute atomic E-state index is 11.9. The lowest BCUT2D eigenvalue weighted by Gasteiger charge is -2.06. The molecule has 0 bridgehead atoms. The summed E-state index contributed by atoms with van der Waals surface area (Å²) in [4.78, 5) is 30.8. The van der Waals surface area contributed by atoms with Crippen molar-refractivity contribution in [1.82, 2.24) is 9.97 Å². The lowest BCUT2D eigenvalue weighted by molar-refractivity contribution is -0.116. The molecule has 1 heterocycles. The van der Waals surface area contributed by atoms with Gasteiger partial charge in [0, 0.05) is 12.0 Å². The van der Waals surface area contributed by atoms with Gasteiger partial charge in [-0.2, -0.15) is 0 Å². The summed E-state index contributed by atoms with van der Waals surface area (Å²) in [6.07, 6.45) is 12.9. The van der Waals surface area contributed by atoms with Crippen LogP contribution in [0.5, 0.6) is 0 Å². The number of unbranched alkanes of at least 4 members (excludes halogenated alkanes) is 6. The number of nitrogens with zero attached hydrogens (tertiary/aromatic N) is 1. The van der Waals surface area contributed by atoms with E-state index in [0.717, 1.165) is 49.8 Å². The Morgan fingerprint density at radius 3 is 2.70 bits per heavy atom. The minimum absolute atomic E-state index is 0.0715. The second-order valence-electron chi connectivity index (χ2n) is 6.19. The maximum Gasteiger partial charge on any atom is 0.255 e. The minimum Gasteiger partial charge on any atom is -0.296 e. The van der Waals surface area contributed by atoms with Gasteiger partial charge in [0.25, 0.3) is 5.56 Å². The zero-order valence-corrected chi connectivity index (χ0v) is 13.8. The van der Waals surface area contributed by atoms with Gasteiger partial charge in [0.15, 0.2) is 0 Å². The molecule has 2 rings (SSSR count). The molecule has 0 atom stereocenters. The molecule has 0 unspecified atom stereocenters. The number of carbonyl (C=O) groups is 1. The summed E-state index contributed by atoms with van der Waals surface area (Å²) in [6, 6.07) is 0. The Balaban J connectivity index is 1.65. The lowest BCUT2D eigenvalue weighted by atomic mass is 10.1. The van der Waals surface area contributed by atoms with E-state index in [1.165, 1.54) is 25.7 Å². The first-order valence-electron chi connectivity index (χ1n) is 8.73. The summed E-state index contributed by atoms with van der Waals surface area (Å²) in [5.41, 5.74) is 1.50. The number of aromatic nitrogens is 2. The van der Waals surface area contributed by atoms with Crippen LogP contribution in [0.2, 0.25) is 0 Å². The topological polar surface area (TPSA) is 74.8 Å². The number of amides is 1. The highest BCUT2D eigenvalue weighted by Crippen LogP contribution is 2.17. The van der Waals surface area contributed by atoms with Gasteiger partial charge in [-0.05, 0) is 38.5 Å².